The summed E-state index contributed by atoms with van der Waals surface area (Å²) in [4.78, 5) is 31.4. The van der Waals surface area contributed by atoms with E-state index in [0.717, 1.165) is 18.6 Å². The molecule has 4 aliphatic rings. The molecule has 4 aromatic carbocycles. The Morgan fingerprint density at radius 3 is 2.45 bits per heavy atom. The van der Waals surface area contributed by atoms with Crippen LogP contribution in [0.1, 0.15) is 82.1 Å². The molecule has 2 amide bonds. The highest BCUT2D eigenvalue weighted by atomic mass is 19.1. The summed E-state index contributed by atoms with van der Waals surface area (Å²) >= 11 is 0. The van der Waals surface area contributed by atoms with Gasteiger partial charge in [0.05, 0.1) is 24.9 Å². The minimum Gasteiger partial charge on any atom is -0.508 e. The van der Waals surface area contributed by atoms with Gasteiger partial charge in [-0.3, -0.25) is 14.5 Å². The summed E-state index contributed by atoms with van der Waals surface area (Å²) in [5.74, 6) is 0.661. The number of carbonyl (C=O) groups excluding carboxylic acids is 2. The van der Waals surface area contributed by atoms with Crippen LogP contribution in [0.4, 0.5) is 10.1 Å². The van der Waals surface area contributed by atoms with Gasteiger partial charge in [-0.2, -0.15) is 0 Å². The van der Waals surface area contributed by atoms with Gasteiger partial charge in [0.1, 0.15) is 17.5 Å². The number of piperidine rings is 1. The Morgan fingerprint density at radius 1 is 0.909 bits per heavy atom. The number of aryl methyl sites for hydroxylation is 1. The average molecular weight is 745 g/mol. The van der Waals surface area contributed by atoms with Crippen molar-refractivity contribution < 1.29 is 28.9 Å². The molecule has 0 aromatic heterocycles. The third kappa shape index (κ3) is 7.71. The smallest absolute Gasteiger partial charge is 0.255 e. The van der Waals surface area contributed by atoms with Gasteiger partial charge in [-0.15, -0.1) is 0 Å². The Kier molecular flexibility index (Phi) is 10.6. The second-order valence-electron chi connectivity index (χ2n) is 15.4. The second kappa shape index (κ2) is 15.9. The van der Waals surface area contributed by atoms with Gasteiger partial charge in [0, 0.05) is 55.5 Å². The fraction of sp³-hybridized carbons (Fsp3) is 0.378. The van der Waals surface area contributed by atoms with E-state index < -0.39 is 18.0 Å². The Labute approximate surface area is 322 Å². The Balaban J connectivity index is 0.801. The predicted molar refractivity (Wildman–Crippen MR) is 210 cm³/mol. The molecule has 3 heterocycles. The van der Waals surface area contributed by atoms with Crippen LogP contribution in [-0.2, 0) is 17.8 Å². The Morgan fingerprint density at radius 2 is 1.69 bits per heavy atom. The third-order valence-electron chi connectivity index (χ3n) is 11.9. The van der Waals surface area contributed by atoms with E-state index in [1.807, 2.05) is 23.1 Å². The molecule has 10 heteroatoms. The molecule has 55 heavy (non-hydrogen) atoms. The Hall–Kier alpha value is -5.19. The van der Waals surface area contributed by atoms with E-state index in [0.29, 0.717) is 99.2 Å². The van der Waals surface area contributed by atoms with Crippen LogP contribution in [0.15, 0.2) is 97.2 Å². The second-order valence-corrected chi connectivity index (χ2v) is 15.4. The van der Waals surface area contributed by atoms with Crippen molar-refractivity contribution in [1.29, 1.82) is 0 Å². The maximum absolute atomic E-state index is 15.9. The van der Waals surface area contributed by atoms with Gasteiger partial charge in [-0.1, -0.05) is 55.1 Å². The number of aliphatic hydroxyl groups is 1. The van der Waals surface area contributed by atoms with Crippen molar-refractivity contribution in [3.05, 3.63) is 136 Å². The van der Waals surface area contributed by atoms with Gasteiger partial charge in [0.2, 0.25) is 5.91 Å². The van der Waals surface area contributed by atoms with E-state index in [1.54, 1.807) is 18.2 Å². The van der Waals surface area contributed by atoms with Crippen LogP contribution in [0.25, 0.3) is 0 Å². The van der Waals surface area contributed by atoms with Crippen molar-refractivity contribution in [3.63, 3.8) is 0 Å². The number of ether oxygens (including phenoxy) is 1. The maximum atomic E-state index is 15.9. The van der Waals surface area contributed by atoms with Crippen LogP contribution < -0.4 is 15.0 Å². The fourth-order valence-corrected chi connectivity index (χ4v) is 9.03. The number of anilines is 1. The highest BCUT2D eigenvalue weighted by Gasteiger charge is 2.40. The van der Waals surface area contributed by atoms with E-state index in [2.05, 4.69) is 65.3 Å². The molecule has 2 unspecified atom stereocenters. The molecule has 3 aliphatic heterocycles. The number of amides is 2. The number of piperazine rings is 1. The van der Waals surface area contributed by atoms with Crippen molar-refractivity contribution in [2.75, 3.05) is 44.2 Å². The van der Waals surface area contributed by atoms with Gasteiger partial charge in [0.25, 0.3) is 5.91 Å². The number of hydrogen-bond acceptors (Lipinski definition) is 7. The molecule has 0 bridgehead atoms. The standard InChI is InChI=1S/C45H49FN4O5/c1-29-9-19-41(44(53)47-29)50-28-39-38(45(50)54)18-20-40(43(39)46)49-23-21-48(22-24-49)27-34(52)8-5-25-55-35-14-10-31(11-15-35)42-36(30-6-3-2-4-7-30)16-12-32-26-33(51)13-17-37(32)42/h2-4,6-7,10-11,13-15,17-18,20,26,34,36,41-42,51-52H,1,5,8-9,12,16,19,21-25,27-28H2,(H,47,53)/t34?,36-,41?,42+/m1/s1. The number of β-amino-alcohol motifs (C(OH)–C–C–N with tert-alkyl or cyclic N) is 1. The summed E-state index contributed by atoms with van der Waals surface area (Å²) in [5, 5.41) is 23.7. The lowest BCUT2D eigenvalue weighted by molar-refractivity contribution is -0.126. The van der Waals surface area contributed by atoms with Crippen molar-refractivity contribution in [1.82, 2.24) is 15.1 Å². The number of rotatable bonds is 11. The molecule has 2 fully saturated rings. The SMILES string of the molecule is C=C1CCC(N2Cc3c(ccc(N4CCN(CC(O)CCCOc5ccc([C@@H]6c7ccc(O)cc7CC[C@@H]6c6ccccc6)cc5)CC4)c3F)C2=O)C(=O)N1. The van der Waals surface area contributed by atoms with E-state index in [1.165, 1.54) is 27.2 Å². The highest BCUT2D eigenvalue weighted by Crippen LogP contribution is 2.47. The first-order valence-corrected chi connectivity index (χ1v) is 19.6. The molecule has 9 nitrogen and oxygen atoms in total. The van der Waals surface area contributed by atoms with Gasteiger partial charge in [-0.05, 0) is 103 Å². The van der Waals surface area contributed by atoms with Crippen molar-refractivity contribution >= 4 is 17.5 Å². The number of phenolic OH excluding ortho intramolecular Hbond substituents is 1. The number of phenols is 1. The van der Waals surface area contributed by atoms with Crippen LogP contribution in [0, 0.1) is 5.82 Å². The molecule has 286 valence electrons. The van der Waals surface area contributed by atoms with Crippen LogP contribution in [-0.4, -0.2) is 83.3 Å². The number of nitrogens with one attached hydrogen (secondary N) is 1. The first kappa shape index (κ1) is 36.8. The largest absolute Gasteiger partial charge is 0.508 e. The summed E-state index contributed by atoms with van der Waals surface area (Å²) in [6.07, 6.45) is 3.84. The zero-order valence-corrected chi connectivity index (χ0v) is 31.1. The minimum atomic E-state index is -0.626. The molecular formula is C45H49FN4O5. The van der Waals surface area contributed by atoms with Crippen molar-refractivity contribution in [2.45, 2.75) is 69.1 Å². The fourth-order valence-electron chi connectivity index (χ4n) is 9.03. The number of nitrogens with zero attached hydrogens (tertiary/aromatic N) is 3. The summed E-state index contributed by atoms with van der Waals surface area (Å²) in [6, 6.07) is 27.6. The van der Waals surface area contributed by atoms with Gasteiger partial charge >= 0.3 is 0 Å². The monoisotopic (exact) mass is 744 g/mol. The molecular weight excluding hydrogens is 696 g/mol. The first-order chi connectivity index (χ1) is 26.7. The highest BCUT2D eigenvalue weighted by molar-refractivity contribution is 6.02. The summed E-state index contributed by atoms with van der Waals surface area (Å²) in [5.41, 5.74) is 6.81. The quantitative estimate of drug-likeness (QED) is 0.151. The van der Waals surface area contributed by atoms with Crippen LogP contribution in [0.2, 0.25) is 0 Å². The van der Waals surface area contributed by atoms with Crippen LogP contribution in [0.5, 0.6) is 11.5 Å². The summed E-state index contributed by atoms with van der Waals surface area (Å²) in [7, 11) is 0. The van der Waals surface area contributed by atoms with Gasteiger partial charge in [0.15, 0.2) is 5.82 Å². The number of allylic oxidation sites excluding steroid dienone is 1. The summed E-state index contributed by atoms with van der Waals surface area (Å²) < 4.78 is 22.0. The molecule has 8 rings (SSSR count). The molecule has 0 saturated carbocycles. The lowest BCUT2D eigenvalue weighted by Gasteiger charge is -2.37. The molecule has 4 aromatic rings. The molecule has 0 radical (unpaired) electrons. The molecule has 4 atom stereocenters. The number of carbonyl (C=O) groups is 2. The number of aliphatic hydroxyl groups excluding tert-OH is 1. The van der Waals surface area contributed by atoms with Crippen molar-refractivity contribution in [3.8, 4) is 11.5 Å². The topological polar surface area (TPSA) is 106 Å². The molecule has 2 saturated heterocycles. The number of fused-ring (bicyclic) bond motifs is 2. The van der Waals surface area contributed by atoms with E-state index in [-0.39, 0.29) is 24.3 Å². The van der Waals surface area contributed by atoms with Gasteiger partial charge in [-0.25, -0.2) is 4.39 Å². The number of aromatic hydroxyl groups is 1. The molecule has 3 N–H and O–H groups in total. The Bertz CT molecular complexity index is 2050. The number of benzene rings is 4. The number of hydrogen-bond donors (Lipinski definition) is 3. The summed E-state index contributed by atoms with van der Waals surface area (Å²) in [6.45, 7) is 7.51. The van der Waals surface area contributed by atoms with Crippen molar-refractivity contribution in [2.24, 2.45) is 0 Å². The van der Waals surface area contributed by atoms with E-state index in [9.17, 15) is 19.8 Å². The first-order valence-electron chi connectivity index (χ1n) is 19.6. The average Bonchev–Trinajstić information content (AvgIpc) is 3.53. The maximum Gasteiger partial charge on any atom is 0.255 e. The minimum absolute atomic E-state index is 0.0804. The third-order valence-corrected chi connectivity index (χ3v) is 11.9. The van der Waals surface area contributed by atoms with Crippen LogP contribution in [0.3, 0.4) is 0 Å². The lowest BCUT2D eigenvalue weighted by atomic mass is 9.69. The molecule has 1 aliphatic carbocycles. The normalized spacial score (nSPS) is 21.9. The van der Waals surface area contributed by atoms with Gasteiger partial charge < -0.3 is 30.1 Å². The predicted octanol–water partition coefficient (Wildman–Crippen LogP) is 6.48. The zero-order valence-electron chi connectivity index (χ0n) is 31.1. The lowest BCUT2D eigenvalue weighted by Crippen LogP contribution is -2.49. The zero-order chi connectivity index (χ0) is 38.1. The van der Waals surface area contributed by atoms with E-state index in [4.69, 9.17) is 4.74 Å². The van der Waals surface area contributed by atoms with Crippen LogP contribution >= 0.6 is 0 Å². The number of halogens is 1. The molecule has 0 spiro atoms. The van der Waals surface area contributed by atoms with E-state index >= 15 is 4.39 Å².